The second-order valence-corrected chi connectivity index (χ2v) is 11.0. The lowest BCUT2D eigenvalue weighted by Gasteiger charge is -2.20. The zero-order valence-electron chi connectivity index (χ0n) is 19.2. The highest BCUT2D eigenvalue weighted by atomic mass is 32.2. The highest BCUT2D eigenvalue weighted by molar-refractivity contribution is 8.00. The summed E-state index contributed by atoms with van der Waals surface area (Å²) in [5, 5.41) is 14.1. The van der Waals surface area contributed by atoms with Crippen molar-refractivity contribution in [1.82, 2.24) is 10.2 Å². The summed E-state index contributed by atoms with van der Waals surface area (Å²) >= 11 is 2.98. The molecule has 1 unspecified atom stereocenters. The van der Waals surface area contributed by atoms with Gasteiger partial charge in [-0.2, -0.15) is 0 Å². The quantitative estimate of drug-likeness (QED) is 0.237. The zero-order valence-corrected chi connectivity index (χ0v) is 20.8. The fourth-order valence-electron chi connectivity index (χ4n) is 3.37. The number of rotatable bonds is 7. The van der Waals surface area contributed by atoms with Crippen LogP contribution in [0.25, 0.3) is 10.8 Å². The van der Waals surface area contributed by atoms with Crippen LogP contribution in [0, 0.1) is 0 Å². The topological polar surface area (TPSA) is 64.1 Å². The maximum atomic E-state index is 12.6. The number of anilines is 1. The van der Waals surface area contributed by atoms with E-state index in [0.717, 1.165) is 10.1 Å². The standard InChI is InChI=1S/C26H27N3O2S2/c1-17(31-21-14-12-20(13-15-21)26(2,3)4)23(30)27-24-28-29-25(33-24)32-16-19-10-7-9-18-8-5-6-11-22(18)19/h5-15,17H,16H2,1-4H3,(H,27,28,30). The summed E-state index contributed by atoms with van der Waals surface area (Å²) in [6.07, 6.45) is -0.652. The molecule has 0 aliphatic carbocycles. The molecule has 7 heteroatoms. The summed E-state index contributed by atoms with van der Waals surface area (Å²) in [6.45, 7) is 8.21. The van der Waals surface area contributed by atoms with E-state index in [9.17, 15) is 4.79 Å². The van der Waals surface area contributed by atoms with Crippen molar-refractivity contribution in [3.05, 3.63) is 77.9 Å². The molecule has 5 nitrogen and oxygen atoms in total. The van der Waals surface area contributed by atoms with E-state index in [1.165, 1.54) is 33.2 Å². The summed E-state index contributed by atoms with van der Waals surface area (Å²) in [6, 6.07) is 22.5. The van der Waals surface area contributed by atoms with Crippen LogP contribution < -0.4 is 10.1 Å². The monoisotopic (exact) mass is 477 g/mol. The normalized spacial score (nSPS) is 12.5. The van der Waals surface area contributed by atoms with Crippen LogP contribution in [0.2, 0.25) is 0 Å². The fraction of sp³-hybridized carbons (Fsp3) is 0.269. The average Bonchev–Trinajstić information content (AvgIpc) is 3.24. The lowest BCUT2D eigenvalue weighted by atomic mass is 9.87. The third kappa shape index (κ3) is 5.92. The van der Waals surface area contributed by atoms with Crippen LogP contribution in [0.5, 0.6) is 5.75 Å². The Bertz CT molecular complexity index is 1240. The fourth-order valence-corrected chi connectivity index (χ4v) is 5.13. The molecule has 0 spiro atoms. The molecule has 170 valence electrons. The second-order valence-electron chi connectivity index (χ2n) is 8.82. The summed E-state index contributed by atoms with van der Waals surface area (Å²) in [4.78, 5) is 12.6. The molecule has 1 amide bonds. The molecule has 1 N–H and O–H groups in total. The summed E-state index contributed by atoms with van der Waals surface area (Å²) in [7, 11) is 0. The van der Waals surface area contributed by atoms with Gasteiger partial charge >= 0.3 is 0 Å². The van der Waals surface area contributed by atoms with Crippen molar-refractivity contribution >= 4 is 44.9 Å². The van der Waals surface area contributed by atoms with Crippen LogP contribution in [0.15, 0.2) is 71.1 Å². The number of aromatic nitrogens is 2. The Morgan fingerprint density at radius 2 is 1.76 bits per heavy atom. The molecule has 3 aromatic carbocycles. The van der Waals surface area contributed by atoms with Crippen LogP contribution >= 0.6 is 23.1 Å². The van der Waals surface area contributed by atoms with Gasteiger partial charge in [0.15, 0.2) is 10.4 Å². The van der Waals surface area contributed by atoms with Crippen molar-refractivity contribution in [2.24, 2.45) is 0 Å². The molecule has 0 saturated carbocycles. The van der Waals surface area contributed by atoms with Crippen molar-refractivity contribution in [1.29, 1.82) is 0 Å². The Kier molecular flexibility index (Phi) is 7.00. The van der Waals surface area contributed by atoms with Crippen LogP contribution in [0.3, 0.4) is 0 Å². The SMILES string of the molecule is CC(Oc1ccc(C(C)(C)C)cc1)C(=O)Nc1nnc(SCc2cccc3ccccc23)s1. The van der Waals surface area contributed by atoms with Gasteiger partial charge in [-0.1, -0.05) is 98.5 Å². The number of amides is 1. The van der Waals surface area contributed by atoms with Gasteiger partial charge in [0.25, 0.3) is 5.91 Å². The molecular formula is C26H27N3O2S2. The number of thioether (sulfide) groups is 1. The number of benzene rings is 3. The molecular weight excluding hydrogens is 450 g/mol. The molecule has 1 heterocycles. The van der Waals surface area contributed by atoms with Crippen molar-refractivity contribution in [2.75, 3.05) is 5.32 Å². The van der Waals surface area contributed by atoms with Gasteiger partial charge in [0.1, 0.15) is 5.75 Å². The Balaban J connectivity index is 1.32. The molecule has 0 radical (unpaired) electrons. The van der Waals surface area contributed by atoms with Gasteiger partial charge in [-0.05, 0) is 46.4 Å². The third-order valence-electron chi connectivity index (χ3n) is 5.27. The number of ether oxygens (including phenoxy) is 1. The third-order valence-corrected chi connectivity index (χ3v) is 7.29. The first-order valence-corrected chi connectivity index (χ1v) is 12.6. The second kappa shape index (κ2) is 9.93. The summed E-state index contributed by atoms with van der Waals surface area (Å²) in [5.74, 6) is 1.19. The van der Waals surface area contributed by atoms with E-state index in [4.69, 9.17) is 4.74 Å². The number of carbonyl (C=O) groups excluding carboxylic acids is 1. The minimum Gasteiger partial charge on any atom is -0.481 e. The molecule has 0 fully saturated rings. The van der Waals surface area contributed by atoms with Crippen molar-refractivity contribution in [3.63, 3.8) is 0 Å². The first-order chi connectivity index (χ1) is 15.8. The molecule has 0 aliphatic rings. The van der Waals surface area contributed by atoms with Gasteiger partial charge in [-0.25, -0.2) is 0 Å². The predicted molar refractivity (Wildman–Crippen MR) is 137 cm³/mol. The number of carbonyl (C=O) groups is 1. The zero-order chi connectivity index (χ0) is 23.4. The minimum atomic E-state index is -0.652. The molecule has 4 rings (SSSR count). The van der Waals surface area contributed by atoms with Gasteiger partial charge < -0.3 is 4.74 Å². The first-order valence-electron chi connectivity index (χ1n) is 10.8. The Morgan fingerprint density at radius 3 is 2.52 bits per heavy atom. The van der Waals surface area contributed by atoms with Gasteiger partial charge in [0.05, 0.1) is 0 Å². The lowest BCUT2D eigenvalue weighted by molar-refractivity contribution is -0.122. The number of nitrogens with zero attached hydrogens (tertiary/aromatic N) is 2. The van der Waals surface area contributed by atoms with E-state index in [0.29, 0.717) is 10.9 Å². The van der Waals surface area contributed by atoms with E-state index >= 15 is 0 Å². The van der Waals surface area contributed by atoms with E-state index in [1.807, 2.05) is 30.3 Å². The maximum Gasteiger partial charge on any atom is 0.266 e. The van der Waals surface area contributed by atoms with Crippen molar-refractivity contribution < 1.29 is 9.53 Å². The van der Waals surface area contributed by atoms with E-state index < -0.39 is 6.10 Å². The number of hydrogen-bond acceptors (Lipinski definition) is 6. The van der Waals surface area contributed by atoms with Crippen LogP contribution in [0.4, 0.5) is 5.13 Å². The lowest BCUT2D eigenvalue weighted by Crippen LogP contribution is -2.30. The average molecular weight is 478 g/mol. The number of hydrogen-bond donors (Lipinski definition) is 1. The van der Waals surface area contributed by atoms with Gasteiger partial charge in [0, 0.05) is 5.75 Å². The van der Waals surface area contributed by atoms with Crippen LogP contribution in [-0.4, -0.2) is 22.2 Å². The van der Waals surface area contributed by atoms with Crippen molar-refractivity contribution in [2.45, 2.75) is 49.3 Å². The van der Waals surface area contributed by atoms with Crippen LogP contribution in [0.1, 0.15) is 38.8 Å². The Hall–Kier alpha value is -2.90. The van der Waals surface area contributed by atoms with Gasteiger partial charge in [-0.3, -0.25) is 10.1 Å². The smallest absolute Gasteiger partial charge is 0.266 e. The minimum absolute atomic E-state index is 0.0721. The van der Waals surface area contributed by atoms with Gasteiger partial charge in [0.2, 0.25) is 5.13 Å². The molecule has 1 aromatic heterocycles. The predicted octanol–water partition coefficient (Wildman–Crippen LogP) is 6.69. The molecule has 0 bridgehead atoms. The first kappa shape index (κ1) is 23.3. The molecule has 1 atom stereocenters. The largest absolute Gasteiger partial charge is 0.481 e. The van der Waals surface area contributed by atoms with E-state index in [2.05, 4.69) is 72.7 Å². The highest BCUT2D eigenvalue weighted by Crippen LogP contribution is 2.31. The van der Waals surface area contributed by atoms with E-state index in [1.54, 1.807) is 18.7 Å². The number of fused-ring (bicyclic) bond motifs is 1. The van der Waals surface area contributed by atoms with Crippen LogP contribution in [-0.2, 0) is 16.0 Å². The number of nitrogens with one attached hydrogen (secondary N) is 1. The molecule has 4 aromatic rings. The highest BCUT2D eigenvalue weighted by Gasteiger charge is 2.18. The Morgan fingerprint density at radius 1 is 1.03 bits per heavy atom. The summed E-state index contributed by atoms with van der Waals surface area (Å²) in [5.41, 5.74) is 2.54. The van der Waals surface area contributed by atoms with Gasteiger partial charge in [-0.15, -0.1) is 10.2 Å². The maximum absolute atomic E-state index is 12.6. The summed E-state index contributed by atoms with van der Waals surface area (Å²) < 4.78 is 6.62. The Labute approximate surface area is 202 Å². The molecule has 33 heavy (non-hydrogen) atoms. The van der Waals surface area contributed by atoms with Crippen molar-refractivity contribution in [3.8, 4) is 5.75 Å². The molecule has 0 aliphatic heterocycles. The van der Waals surface area contributed by atoms with E-state index in [-0.39, 0.29) is 11.3 Å². The molecule has 0 saturated heterocycles.